The Labute approximate surface area is 76.4 Å². The lowest BCUT2D eigenvalue weighted by atomic mass is 10.6. The SMILES string of the molecule is NC(=O)/C=C\n1cnc(I)n1. The molecule has 0 aliphatic heterocycles. The summed E-state index contributed by atoms with van der Waals surface area (Å²) in [6, 6.07) is 0. The van der Waals surface area contributed by atoms with Crippen molar-refractivity contribution in [1.82, 2.24) is 14.8 Å². The molecule has 0 spiro atoms. The molecule has 6 heteroatoms. The first-order valence-electron chi connectivity index (χ1n) is 2.73. The van der Waals surface area contributed by atoms with E-state index < -0.39 is 5.91 Å². The van der Waals surface area contributed by atoms with Gasteiger partial charge in [-0.25, -0.2) is 9.67 Å². The van der Waals surface area contributed by atoms with Crippen molar-refractivity contribution in [3.8, 4) is 0 Å². The third-order valence-corrected chi connectivity index (χ3v) is 1.37. The van der Waals surface area contributed by atoms with Crippen molar-refractivity contribution in [3.63, 3.8) is 0 Å². The van der Waals surface area contributed by atoms with E-state index in [9.17, 15) is 4.79 Å². The minimum absolute atomic E-state index is 0.504. The fourth-order valence-corrected chi connectivity index (χ4v) is 0.849. The van der Waals surface area contributed by atoms with Crippen LogP contribution in [0.25, 0.3) is 6.20 Å². The summed E-state index contributed by atoms with van der Waals surface area (Å²) in [5.41, 5.74) is 4.86. The number of carbonyl (C=O) groups is 1. The molecule has 0 bridgehead atoms. The summed E-state index contributed by atoms with van der Waals surface area (Å²) < 4.78 is 2.03. The van der Waals surface area contributed by atoms with E-state index >= 15 is 0 Å². The largest absolute Gasteiger partial charge is 0.366 e. The van der Waals surface area contributed by atoms with Crippen LogP contribution in [-0.4, -0.2) is 20.7 Å². The quantitative estimate of drug-likeness (QED) is 0.595. The summed E-state index contributed by atoms with van der Waals surface area (Å²) >= 11 is 1.96. The third kappa shape index (κ3) is 2.66. The summed E-state index contributed by atoms with van der Waals surface area (Å²) in [6.45, 7) is 0. The molecule has 1 rings (SSSR count). The third-order valence-electron chi connectivity index (χ3n) is 0.872. The molecule has 0 aromatic carbocycles. The molecule has 11 heavy (non-hydrogen) atoms. The minimum atomic E-state index is -0.504. The van der Waals surface area contributed by atoms with Gasteiger partial charge >= 0.3 is 0 Å². The minimum Gasteiger partial charge on any atom is -0.366 e. The van der Waals surface area contributed by atoms with Gasteiger partial charge in [-0.1, -0.05) is 0 Å². The van der Waals surface area contributed by atoms with Crippen LogP contribution in [0.5, 0.6) is 0 Å². The van der Waals surface area contributed by atoms with Crippen LogP contribution in [0.3, 0.4) is 0 Å². The van der Waals surface area contributed by atoms with E-state index in [0.29, 0.717) is 3.83 Å². The number of primary amides is 1. The smallest absolute Gasteiger partial charge is 0.242 e. The van der Waals surface area contributed by atoms with Gasteiger partial charge in [-0.2, -0.15) is 0 Å². The highest BCUT2D eigenvalue weighted by Gasteiger charge is 1.91. The Morgan fingerprint density at radius 1 is 1.82 bits per heavy atom. The fourth-order valence-electron chi connectivity index (χ4n) is 0.475. The Bertz CT molecular complexity index is 292. The predicted octanol–water partition coefficient (Wildman–Crippen LogP) is -0.161. The molecule has 0 radical (unpaired) electrons. The summed E-state index contributed by atoms with van der Waals surface area (Å²) in [4.78, 5) is 14.1. The number of halogens is 1. The zero-order chi connectivity index (χ0) is 8.27. The molecule has 2 N–H and O–H groups in total. The van der Waals surface area contributed by atoms with Crippen molar-refractivity contribution in [2.24, 2.45) is 5.73 Å². The zero-order valence-electron chi connectivity index (χ0n) is 5.44. The van der Waals surface area contributed by atoms with Crippen LogP contribution >= 0.6 is 22.6 Å². The van der Waals surface area contributed by atoms with Crippen molar-refractivity contribution in [1.29, 1.82) is 0 Å². The fraction of sp³-hybridized carbons (Fsp3) is 0. The number of carbonyl (C=O) groups excluding carboxylic acids is 1. The molecule has 5 nitrogen and oxygen atoms in total. The number of nitrogens with zero attached hydrogens (tertiary/aromatic N) is 3. The van der Waals surface area contributed by atoms with Crippen LogP contribution in [0.15, 0.2) is 12.4 Å². The lowest BCUT2D eigenvalue weighted by Crippen LogP contribution is -2.06. The summed E-state index contributed by atoms with van der Waals surface area (Å²) in [5, 5.41) is 3.88. The maximum absolute atomic E-state index is 10.3. The van der Waals surface area contributed by atoms with Gasteiger partial charge in [0.15, 0.2) is 0 Å². The Hall–Kier alpha value is -0.920. The van der Waals surface area contributed by atoms with E-state index in [0.717, 1.165) is 0 Å². The van der Waals surface area contributed by atoms with Crippen LogP contribution in [0.4, 0.5) is 0 Å². The first kappa shape index (κ1) is 8.18. The average Bonchev–Trinajstić information content (AvgIpc) is 2.31. The lowest BCUT2D eigenvalue weighted by molar-refractivity contribution is -0.113. The number of aromatic nitrogens is 3. The van der Waals surface area contributed by atoms with Gasteiger partial charge in [-0.05, 0) is 0 Å². The van der Waals surface area contributed by atoms with E-state index in [4.69, 9.17) is 5.73 Å². The molecule has 0 fully saturated rings. The van der Waals surface area contributed by atoms with Crippen LogP contribution < -0.4 is 5.73 Å². The van der Waals surface area contributed by atoms with Crippen LogP contribution in [0, 0.1) is 3.83 Å². The van der Waals surface area contributed by atoms with Gasteiger partial charge in [-0.15, -0.1) is 5.10 Å². The van der Waals surface area contributed by atoms with Gasteiger partial charge in [0, 0.05) is 34.9 Å². The molecule has 58 valence electrons. The van der Waals surface area contributed by atoms with E-state index in [1.165, 1.54) is 23.3 Å². The lowest BCUT2D eigenvalue weighted by Gasteiger charge is -1.84. The number of hydrogen-bond donors (Lipinski definition) is 1. The summed E-state index contributed by atoms with van der Waals surface area (Å²) in [5.74, 6) is -0.504. The van der Waals surface area contributed by atoms with Gasteiger partial charge in [0.25, 0.3) is 0 Å². The number of amides is 1. The second-order valence-corrected chi connectivity index (χ2v) is 2.68. The second kappa shape index (κ2) is 3.46. The molecular formula is C5H5IN4O. The number of rotatable bonds is 2. The summed E-state index contributed by atoms with van der Waals surface area (Å²) in [6.07, 6.45) is 4.14. The molecule has 0 atom stereocenters. The predicted molar refractivity (Wildman–Crippen MR) is 47.3 cm³/mol. The molecular weight excluding hydrogens is 259 g/mol. The Morgan fingerprint density at radius 3 is 3.00 bits per heavy atom. The molecule has 1 amide bonds. The second-order valence-electron chi connectivity index (χ2n) is 1.71. The Kier molecular flexibility index (Phi) is 2.58. The maximum Gasteiger partial charge on any atom is 0.242 e. The maximum atomic E-state index is 10.3. The van der Waals surface area contributed by atoms with Gasteiger partial charge in [-0.3, -0.25) is 4.79 Å². The van der Waals surface area contributed by atoms with E-state index in [2.05, 4.69) is 10.1 Å². The van der Waals surface area contributed by atoms with E-state index in [1.807, 2.05) is 22.6 Å². The van der Waals surface area contributed by atoms with Crippen molar-refractivity contribution in [2.75, 3.05) is 0 Å². The molecule has 0 aliphatic carbocycles. The monoisotopic (exact) mass is 264 g/mol. The molecule has 1 aromatic rings. The average molecular weight is 264 g/mol. The zero-order valence-corrected chi connectivity index (χ0v) is 7.59. The molecule has 0 saturated heterocycles. The molecule has 0 saturated carbocycles. The van der Waals surface area contributed by atoms with Crippen molar-refractivity contribution in [3.05, 3.63) is 16.2 Å². The van der Waals surface area contributed by atoms with Gasteiger partial charge in [0.2, 0.25) is 9.74 Å². The van der Waals surface area contributed by atoms with Crippen molar-refractivity contribution < 1.29 is 4.79 Å². The molecule has 1 heterocycles. The van der Waals surface area contributed by atoms with E-state index in [1.54, 1.807) is 0 Å². The standard InChI is InChI=1S/C5H5IN4O/c6-5-8-3-10(9-5)2-1-4(7)11/h1-3H,(H2,7,11)/b2-1-. The molecule has 1 aromatic heterocycles. The molecule has 0 aliphatic rings. The van der Waals surface area contributed by atoms with Crippen LogP contribution in [0.2, 0.25) is 0 Å². The first-order valence-corrected chi connectivity index (χ1v) is 3.80. The van der Waals surface area contributed by atoms with Gasteiger partial charge in [0.05, 0.1) is 0 Å². The van der Waals surface area contributed by atoms with Gasteiger partial charge in [0.1, 0.15) is 6.33 Å². The summed E-state index contributed by atoms with van der Waals surface area (Å²) in [7, 11) is 0. The Morgan fingerprint density at radius 2 is 2.55 bits per heavy atom. The highest BCUT2D eigenvalue weighted by Crippen LogP contribution is 1.93. The van der Waals surface area contributed by atoms with Crippen molar-refractivity contribution >= 4 is 34.7 Å². The highest BCUT2D eigenvalue weighted by molar-refractivity contribution is 14.1. The van der Waals surface area contributed by atoms with Crippen LogP contribution in [-0.2, 0) is 4.79 Å². The molecule has 0 unspecified atom stereocenters. The first-order chi connectivity index (χ1) is 5.18. The van der Waals surface area contributed by atoms with Crippen LogP contribution in [0.1, 0.15) is 0 Å². The number of hydrogen-bond acceptors (Lipinski definition) is 3. The topological polar surface area (TPSA) is 73.8 Å². The van der Waals surface area contributed by atoms with Crippen molar-refractivity contribution in [2.45, 2.75) is 0 Å². The number of nitrogens with two attached hydrogens (primary N) is 1. The normalized spacial score (nSPS) is 10.6. The Balaban J connectivity index is 2.71. The van der Waals surface area contributed by atoms with Gasteiger partial charge < -0.3 is 5.73 Å². The van der Waals surface area contributed by atoms with E-state index in [-0.39, 0.29) is 0 Å². The highest BCUT2D eigenvalue weighted by atomic mass is 127.